The average Bonchev–Trinajstić information content (AvgIpc) is 2.46. The first kappa shape index (κ1) is 13.7. The molecule has 0 radical (unpaired) electrons. The van der Waals surface area contributed by atoms with Crippen LogP contribution in [0.25, 0.3) is 0 Å². The minimum atomic E-state index is -0.576. The lowest BCUT2D eigenvalue weighted by atomic mass is 10.2. The standard InChI is InChI=1S/C14H12N2O4/c1-10-3-2-6-15-12(10)9-20-14-5-4-11(8-17)7-13(14)16(18)19/h2-8H,9H2,1H3. The third kappa shape index (κ3) is 2.97. The van der Waals surface area contributed by atoms with E-state index in [4.69, 9.17) is 4.74 Å². The van der Waals surface area contributed by atoms with E-state index in [1.54, 1.807) is 12.3 Å². The molecule has 1 aromatic carbocycles. The molecule has 0 spiro atoms. The number of benzene rings is 1. The topological polar surface area (TPSA) is 82.3 Å². The lowest BCUT2D eigenvalue weighted by molar-refractivity contribution is -0.386. The molecule has 0 atom stereocenters. The summed E-state index contributed by atoms with van der Waals surface area (Å²) in [5.41, 5.74) is 1.65. The molecule has 0 fully saturated rings. The Balaban J connectivity index is 2.23. The van der Waals surface area contributed by atoms with E-state index in [1.807, 2.05) is 13.0 Å². The van der Waals surface area contributed by atoms with Crippen LogP contribution in [-0.4, -0.2) is 16.2 Å². The molecule has 0 amide bonds. The highest BCUT2D eigenvalue weighted by atomic mass is 16.6. The Kier molecular flexibility index (Phi) is 4.05. The Bertz CT molecular complexity index is 655. The van der Waals surface area contributed by atoms with Gasteiger partial charge in [0.05, 0.1) is 10.6 Å². The van der Waals surface area contributed by atoms with E-state index in [1.165, 1.54) is 18.2 Å². The fourth-order valence-corrected chi connectivity index (χ4v) is 1.69. The molecule has 1 aromatic heterocycles. The quantitative estimate of drug-likeness (QED) is 0.474. The van der Waals surface area contributed by atoms with Crippen molar-refractivity contribution < 1.29 is 14.5 Å². The smallest absolute Gasteiger partial charge is 0.311 e. The molecule has 6 heteroatoms. The van der Waals surface area contributed by atoms with Crippen molar-refractivity contribution in [2.24, 2.45) is 0 Å². The maximum atomic E-state index is 11.0. The predicted octanol–water partition coefficient (Wildman–Crippen LogP) is 2.69. The summed E-state index contributed by atoms with van der Waals surface area (Å²) in [6.45, 7) is 2.02. The first-order valence-electron chi connectivity index (χ1n) is 5.88. The molecule has 2 rings (SSSR count). The Hall–Kier alpha value is -2.76. The van der Waals surface area contributed by atoms with Crippen LogP contribution in [0.15, 0.2) is 36.5 Å². The van der Waals surface area contributed by atoms with Gasteiger partial charge in [-0.3, -0.25) is 19.9 Å². The number of ether oxygens (including phenoxy) is 1. The summed E-state index contributed by atoms with van der Waals surface area (Å²) in [7, 11) is 0. The molecule has 6 nitrogen and oxygen atoms in total. The molecule has 20 heavy (non-hydrogen) atoms. The summed E-state index contributed by atoms with van der Waals surface area (Å²) in [4.78, 5) is 25.2. The van der Waals surface area contributed by atoms with Gasteiger partial charge < -0.3 is 4.74 Å². The van der Waals surface area contributed by atoms with Gasteiger partial charge in [0.15, 0.2) is 5.75 Å². The van der Waals surface area contributed by atoms with Gasteiger partial charge in [0, 0.05) is 17.8 Å². The third-order valence-corrected chi connectivity index (χ3v) is 2.80. The number of nitrogens with zero attached hydrogens (tertiary/aromatic N) is 2. The van der Waals surface area contributed by atoms with Gasteiger partial charge >= 0.3 is 5.69 Å². The largest absolute Gasteiger partial charge is 0.480 e. The number of pyridine rings is 1. The number of nitro groups is 1. The minimum Gasteiger partial charge on any atom is -0.480 e. The maximum absolute atomic E-state index is 11.0. The van der Waals surface area contributed by atoms with Gasteiger partial charge in [0.2, 0.25) is 0 Å². The van der Waals surface area contributed by atoms with Gasteiger partial charge in [0.25, 0.3) is 0 Å². The lowest BCUT2D eigenvalue weighted by Crippen LogP contribution is -2.03. The number of carbonyl (C=O) groups is 1. The van der Waals surface area contributed by atoms with E-state index in [9.17, 15) is 14.9 Å². The van der Waals surface area contributed by atoms with Crippen LogP contribution < -0.4 is 4.74 Å². The highest BCUT2D eigenvalue weighted by Gasteiger charge is 2.16. The van der Waals surface area contributed by atoms with E-state index in [0.29, 0.717) is 12.0 Å². The van der Waals surface area contributed by atoms with Crippen LogP contribution in [0.2, 0.25) is 0 Å². The zero-order chi connectivity index (χ0) is 14.5. The summed E-state index contributed by atoms with van der Waals surface area (Å²) < 4.78 is 5.44. The van der Waals surface area contributed by atoms with E-state index < -0.39 is 4.92 Å². The maximum Gasteiger partial charge on any atom is 0.311 e. The van der Waals surface area contributed by atoms with E-state index in [2.05, 4.69) is 4.98 Å². The molecular formula is C14H12N2O4. The van der Waals surface area contributed by atoms with Gasteiger partial charge in [-0.15, -0.1) is 0 Å². The Labute approximate surface area is 115 Å². The molecule has 2 aromatic rings. The van der Waals surface area contributed by atoms with Crippen LogP contribution in [0.1, 0.15) is 21.6 Å². The van der Waals surface area contributed by atoms with Crippen LogP contribution in [0.3, 0.4) is 0 Å². The summed E-state index contributed by atoms with van der Waals surface area (Å²) in [6, 6.07) is 7.77. The average molecular weight is 272 g/mol. The van der Waals surface area contributed by atoms with Crippen LogP contribution in [0.4, 0.5) is 5.69 Å². The molecular weight excluding hydrogens is 260 g/mol. The number of nitro benzene ring substituents is 1. The molecule has 1 heterocycles. The SMILES string of the molecule is Cc1cccnc1COc1ccc(C=O)cc1[N+](=O)[O-]. The van der Waals surface area contributed by atoms with Crippen LogP contribution in [0.5, 0.6) is 5.75 Å². The summed E-state index contributed by atoms with van der Waals surface area (Å²) >= 11 is 0. The number of hydrogen-bond donors (Lipinski definition) is 0. The number of rotatable bonds is 5. The summed E-state index contributed by atoms with van der Waals surface area (Å²) in [5, 5.41) is 11.0. The molecule has 0 aliphatic heterocycles. The van der Waals surface area contributed by atoms with Crippen molar-refractivity contribution in [1.82, 2.24) is 4.98 Å². The van der Waals surface area contributed by atoms with Crippen LogP contribution in [-0.2, 0) is 6.61 Å². The fraction of sp³-hybridized carbons (Fsp3) is 0.143. The highest BCUT2D eigenvalue weighted by Crippen LogP contribution is 2.28. The number of aromatic nitrogens is 1. The van der Waals surface area contributed by atoms with Crippen molar-refractivity contribution in [3.8, 4) is 5.75 Å². The second-order valence-corrected chi connectivity index (χ2v) is 4.16. The molecule has 0 aliphatic carbocycles. The second-order valence-electron chi connectivity index (χ2n) is 4.16. The van der Waals surface area contributed by atoms with E-state index in [-0.39, 0.29) is 23.6 Å². The first-order chi connectivity index (χ1) is 9.61. The van der Waals surface area contributed by atoms with E-state index >= 15 is 0 Å². The Morgan fingerprint density at radius 2 is 2.20 bits per heavy atom. The van der Waals surface area contributed by atoms with Gasteiger partial charge in [-0.05, 0) is 30.7 Å². The molecule has 0 N–H and O–H groups in total. The van der Waals surface area contributed by atoms with Crippen LogP contribution in [0, 0.1) is 17.0 Å². The highest BCUT2D eigenvalue weighted by molar-refractivity contribution is 5.77. The first-order valence-corrected chi connectivity index (χ1v) is 5.88. The molecule has 0 saturated heterocycles. The van der Waals surface area contributed by atoms with Crippen molar-refractivity contribution in [3.63, 3.8) is 0 Å². The minimum absolute atomic E-state index is 0.116. The third-order valence-electron chi connectivity index (χ3n) is 2.80. The van der Waals surface area contributed by atoms with Crippen molar-refractivity contribution >= 4 is 12.0 Å². The Morgan fingerprint density at radius 1 is 1.40 bits per heavy atom. The molecule has 0 saturated carbocycles. The second kappa shape index (κ2) is 5.92. The van der Waals surface area contributed by atoms with Gasteiger partial charge in [0.1, 0.15) is 12.9 Å². The molecule has 0 unspecified atom stereocenters. The number of hydrogen-bond acceptors (Lipinski definition) is 5. The van der Waals surface area contributed by atoms with Gasteiger partial charge in [-0.25, -0.2) is 0 Å². The number of aryl methyl sites for hydroxylation is 1. The van der Waals surface area contributed by atoms with Crippen molar-refractivity contribution in [3.05, 3.63) is 63.5 Å². The summed E-state index contributed by atoms with van der Waals surface area (Å²) in [5.74, 6) is 0.116. The number of carbonyl (C=O) groups excluding carboxylic acids is 1. The molecule has 0 bridgehead atoms. The predicted molar refractivity (Wildman–Crippen MR) is 71.8 cm³/mol. The van der Waals surface area contributed by atoms with Crippen LogP contribution >= 0.6 is 0 Å². The van der Waals surface area contributed by atoms with Crippen molar-refractivity contribution in [2.75, 3.05) is 0 Å². The normalized spacial score (nSPS) is 10.1. The fourth-order valence-electron chi connectivity index (χ4n) is 1.69. The van der Waals surface area contributed by atoms with Crippen molar-refractivity contribution in [2.45, 2.75) is 13.5 Å². The van der Waals surface area contributed by atoms with Crippen molar-refractivity contribution in [1.29, 1.82) is 0 Å². The lowest BCUT2D eigenvalue weighted by Gasteiger charge is -2.08. The van der Waals surface area contributed by atoms with Gasteiger partial charge in [-0.2, -0.15) is 0 Å². The zero-order valence-electron chi connectivity index (χ0n) is 10.8. The molecule has 0 aliphatic rings. The summed E-state index contributed by atoms with van der Waals surface area (Å²) in [6.07, 6.45) is 2.19. The Morgan fingerprint density at radius 3 is 2.85 bits per heavy atom. The zero-order valence-corrected chi connectivity index (χ0v) is 10.8. The van der Waals surface area contributed by atoms with Gasteiger partial charge in [-0.1, -0.05) is 6.07 Å². The number of aldehydes is 1. The van der Waals surface area contributed by atoms with E-state index in [0.717, 1.165) is 5.56 Å². The monoisotopic (exact) mass is 272 g/mol. The molecule has 102 valence electrons.